The molecular formula is C15H21NO4. The highest BCUT2D eigenvalue weighted by Gasteiger charge is 2.09. The lowest BCUT2D eigenvalue weighted by atomic mass is 10.2. The van der Waals surface area contributed by atoms with E-state index in [1.165, 1.54) is 0 Å². The molecule has 0 saturated heterocycles. The van der Waals surface area contributed by atoms with Gasteiger partial charge in [-0.15, -0.1) is 0 Å². The summed E-state index contributed by atoms with van der Waals surface area (Å²) in [4.78, 5) is 23.2. The fraction of sp³-hybridized carbons (Fsp3) is 0.467. The second-order valence-electron chi connectivity index (χ2n) is 4.33. The first-order chi connectivity index (χ1) is 9.67. The number of esters is 1. The van der Waals surface area contributed by atoms with Gasteiger partial charge in [0.2, 0.25) is 0 Å². The molecule has 1 N–H and O–H groups in total. The van der Waals surface area contributed by atoms with Gasteiger partial charge in [0, 0.05) is 5.69 Å². The standard InChI is InChI=1S/C15H21NO4/c1-3-5-10-20-15(18)16-13-8-6-7-12(11-13)14(17)19-9-4-2/h6-8,11H,3-5,9-10H2,1-2H3,(H,16,18). The van der Waals surface area contributed by atoms with Crippen molar-refractivity contribution in [1.82, 2.24) is 0 Å². The van der Waals surface area contributed by atoms with Gasteiger partial charge < -0.3 is 9.47 Å². The Morgan fingerprint density at radius 1 is 1.10 bits per heavy atom. The summed E-state index contributed by atoms with van der Waals surface area (Å²) in [6.07, 6.45) is 2.05. The van der Waals surface area contributed by atoms with Crippen molar-refractivity contribution < 1.29 is 19.1 Å². The van der Waals surface area contributed by atoms with Gasteiger partial charge in [0.25, 0.3) is 0 Å². The quantitative estimate of drug-likeness (QED) is 0.611. The largest absolute Gasteiger partial charge is 0.462 e. The average molecular weight is 279 g/mol. The van der Waals surface area contributed by atoms with Crippen LogP contribution in [0.2, 0.25) is 0 Å². The molecule has 0 heterocycles. The minimum Gasteiger partial charge on any atom is -0.462 e. The fourth-order valence-corrected chi connectivity index (χ4v) is 1.47. The molecule has 1 aromatic carbocycles. The molecule has 0 atom stereocenters. The third kappa shape index (κ3) is 5.73. The topological polar surface area (TPSA) is 64.6 Å². The highest BCUT2D eigenvalue weighted by Crippen LogP contribution is 2.12. The van der Waals surface area contributed by atoms with Crippen LogP contribution in [0.25, 0.3) is 0 Å². The van der Waals surface area contributed by atoms with E-state index < -0.39 is 12.1 Å². The Balaban J connectivity index is 2.54. The fourth-order valence-electron chi connectivity index (χ4n) is 1.47. The van der Waals surface area contributed by atoms with E-state index in [1.54, 1.807) is 24.3 Å². The third-order valence-electron chi connectivity index (χ3n) is 2.51. The SMILES string of the molecule is CCCCOC(=O)Nc1cccc(C(=O)OCCC)c1. The maximum atomic E-state index is 11.7. The summed E-state index contributed by atoms with van der Waals surface area (Å²) in [5.41, 5.74) is 0.919. The van der Waals surface area contributed by atoms with Crippen LogP contribution in [0.1, 0.15) is 43.5 Å². The number of ether oxygens (including phenoxy) is 2. The van der Waals surface area contributed by atoms with E-state index in [0.717, 1.165) is 19.3 Å². The monoisotopic (exact) mass is 279 g/mol. The molecule has 0 aliphatic carbocycles. The zero-order valence-corrected chi connectivity index (χ0v) is 12.0. The van der Waals surface area contributed by atoms with Crippen molar-refractivity contribution in [3.63, 3.8) is 0 Å². The van der Waals surface area contributed by atoms with Crippen LogP contribution in [0.5, 0.6) is 0 Å². The second kappa shape index (κ2) is 8.96. The minimum absolute atomic E-state index is 0.384. The smallest absolute Gasteiger partial charge is 0.411 e. The molecular weight excluding hydrogens is 258 g/mol. The van der Waals surface area contributed by atoms with Crippen LogP contribution in [0.3, 0.4) is 0 Å². The van der Waals surface area contributed by atoms with Gasteiger partial charge in [0.1, 0.15) is 0 Å². The Morgan fingerprint density at radius 2 is 1.90 bits per heavy atom. The van der Waals surface area contributed by atoms with Crippen molar-refractivity contribution in [3.8, 4) is 0 Å². The van der Waals surface area contributed by atoms with Crippen molar-refractivity contribution in [3.05, 3.63) is 29.8 Å². The van der Waals surface area contributed by atoms with Gasteiger partial charge in [0.15, 0.2) is 0 Å². The number of carbonyl (C=O) groups is 2. The van der Waals surface area contributed by atoms with Crippen molar-refractivity contribution in [2.75, 3.05) is 18.5 Å². The number of hydrogen-bond donors (Lipinski definition) is 1. The summed E-state index contributed by atoms with van der Waals surface area (Å²) in [5, 5.41) is 2.58. The number of anilines is 1. The number of benzene rings is 1. The lowest BCUT2D eigenvalue weighted by Crippen LogP contribution is -2.15. The Morgan fingerprint density at radius 3 is 2.60 bits per heavy atom. The second-order valence-corrected chi connectivity index (χ2v) is 4.33. The van der Waals surface area contributed by atoms with Gasteiger partial charge in [-0.1, -0.05) is 26.3 Å². The first kappa shape index (κ1) is 16.0. The van der Waals surface area contributed by atoms with Crippen molar-refractivity contribution >= 4 is 17.7 Å². The number of unbranched alkanes of at least 4 members (excludes halogenated alkanes) is 1. The number of nitrogens with one attached hydrogen (secondary N) is 1. The maximum absolute atomic E-state index is 11.7. The van der Waals surface area contributed by atoms with Crippen LogP contribution in [-0.2, 0) is 9.47 Å². The van der Waals surface area contributed by atoms with Gasteiger partial charge in [-0.2, -0.15) is 0 Å². The van der Waals surface area contributed by atoms with Crippen molar-refractivity contribution in [2.24, 2.45) is 0 Å². The molecule has 20 heavy (non-hydrogen) atoms. The van der Waals surface area contributed by atoms with Crippen LogP contribution in [0, 0.1) is 0 Å². The molecule has 5 nitrogen and oxygen atoms in total. The van der Waals surface area contributed by atoms with E-state index in [-0.39, 0.29) is 0 Å². The van der Waals surface area contributed by atoms with Crippen molar-refractivity contribution in [2.45, 2.75) is 33.1 Å². The van der Waals surface area contributed by atoms with Crippen molar-refractivity contribution in [1.29, 1.82) is 0 Å². The summed E-state index contributed by atoms with van der Waals surface area (Å²) < 4.78 is 10.0. The molecule has 0 fully saturated rings. The van der Waals surface area contributed by atoms with Crippen LogP contribution < -0.4 is 5.32 Å². The number of rotatable bonds is 7. The molecule has 0 aliphatic rings. The van der Waals surface area contributed by atoms with Crippen LogP contribution in [-0.4, -0.2) is 25.3 Å². The molecule has 0 spiro atoms. The van der Waals surface area contributed by atoms with E-state index in [0.29, 0.717) is 24.5 Å². The summed E-state index contributed by atoms with van der Waals surface area (Å²) in [7, 11) is 0. The van der Waals surface area contributed by atoms with E-state index in [1.807, 2.05) is 13.8 Å². The first-order valence-electron chi connectivity index (χ1n) is 6.88. The van der Waals surface area contributed by atoms with Crippen LogP contribution in [0.4, 0.5) is 10.5 Å². The van der Waals surface area contributed by atoms with Gasteiger partial charge in [0.05, 0.1) is 18.8 Å². The van der Waals surface area contributed by atoms with E-state index in [9.17, 15) is 9.59 Å². The highest BCUT2D eigenvalue weighted by molar-refractivity contribution is 5.92. The molecule has 0 aromatic heterocycles. The molecule has 0 saturated carbocycles. The Hall–Kier alpha value is -2.04. The lowest BCUT2D eigenvalue weighted by Gasteiger charge is -2.08. The van der Waals surface area contributed by atoms with Crippen LogP contribution in [0.15, 0.2) is 24.3 Å². The molecule has 0 aliphatic heterocycles. The van der Waals surface area contributed by atoms with Gasteiger partial charge in [-0.05, 0) is 31.0 Å². The summed E-state index contributed by atoms with van der Waals surface area (Å²) in [5.74, 6) is -0.394. The molecule has 5 heteroatoms. The lowest BCUT2D eigenvalue weighted by molar-refractivity contribution is 0.0505. The van der Waals surface area contributed by atoms with Gasteiger partial charge >= 0.3 is 12.1 Å². The number of carbonyl (C=O) groups excluding carboxylic acids is 2. The molecule has 110 valence electrons. The maximum Gasteiger partial charge on any atom is 0.411 e. The molecule has 1 aromatic rings. The predicted octanol–water partition coefficient (Wildman–Crippen LogP) is 3.60. The van der Waals surface area contributed by atoms with Gasteiger partial charge in [-0.3, -0.25) is 5.32 Å². The number of hydrogen-bond acceptors (Lipinski definition) is 4. The van der Waals surface area contributed by atoms with Gasteiger partial charge in [-0.25, -0.2) is 9.59 Å². The zero-order valence-electron chi connectivity index (χ0n) is 12.0. The molecule has 0 radical (unpaired) electrons. The summed E-state index contributed by atoms with van der Waals surface area (Å²) in [6, 6.07) is 6.59. The van der Waals surface area contributed by atoms with E-state index in [4.69, 9.17) is 9.47 Å². The third-order valence-corrected chi connectivity index (χ3v) is 2.51. The Labute approximate surface area is 119 Å². The summed E-state index contributed by atoms with van der Waals surface area (Å²) >= 11 is 0. The van der Waals surface area contributed by atoms with Crippen LogP contribution >= 0.6 is 0 Å². The van der Waals surface area contributed by atoms with E-state index >= 15 is 0 Å². The predicted molar refractivity (Wildman–Crippen MR) is 76.9 cm³/mol. The summed E-state index contributed by atoms with van der Waals surface area (Å²) in [6.45, 7) is 4.72. The number of amides is 1. The normalized spacial score (nSPS) is 9.90. The minimum atomic E-state index is -0.516. The highest BCUT2D eigenvalue weighted by atomic mass is 16.5. The molecule has 1 rings (SSSR count). The molecule has 0 unspecified atom stereocenters. The Kier molecular flexibility index (Phi) is 7.17. The first-order valence-corrected chi connectivity index (χ1v) is 6.88. The Bertz CT molecular complexity index is 445. The average Bonchev–Trinajstić information content (AvgIpc) is 2.45. The molecule has 0 bridgehead atoms. The zero-order chi connectivity index (χ0) is 14.8. The molecule has 1 amide bonds. The van der Waals surface area contributed by atoms with E-state index in [2.05, 4.69) is 5.32 Å².